The summed E-state index contributed by atoms with van der Waals surface area (Å²) in [4.78, 5) is 53.0. The largest absolute Gasteiger partial charge is 0.443 e. The highest BCUT2D eigenvalue weighted by Crippen LogP contribution is 2.47. The van der Waals surface area contributed by atoms with Crippen molar-refractivity contribution in [3.8, 4) is 22.5 Å². The molecule has 6 heterocycles. The number of nitrogens with zero attached hydrogens (tertiary/aromatic N) is 4. The lowest BCUT2D eigenvalue weighted by atomic mass is 9.87. The molecule has 0 bridgehead atoms. The third kappa shape index (κ3) is 10.1. The van der Waals surface area contributed by atoms with Gasteiger partial charge in [-0.25, -0.2) is 18.7 Å². The molecule has 0 saturated heterocycles. The summed E-state index contributed by atoms with van der Waals surface area (Å²) in [5.74, 6) is -0.196. The molecule has 15 heteroatoms. The fourth-order valence-corrected chi connectivity index (χ4v) is 10.9. The van der Waals surface area contributed by atoms with Crippen LogP contribution in [0.2, 0.25) is 10.0 Å². The second-order valence-electron chi connectivity index (χ2n) is 21.3. The normalized spacial score (nSPS) is 16.3. The van der Waals surface area contributed by atoms with E-state index in [2.05, 4.69) is 20.6 Å². The Balaban J connectivity index is 1.05. The van der Waals surface area contributed by atoms with Gasteiger partial charge in [-0.3, -0.25) is 25.4 Å². The van der Waals surface area contributed by atoms with Crippen LogP contribution in [0.3, 0.4) is 0 Å². The lowest BCUT2D eigenvalue weighted by Gasteiger charge is -2.24. The van der Waals surface area contributed by atoms with Crippen molar-refractivity contribution < 1.29 is 23.9 Å². The first-order valence-corrected chi connectivity index (χ1v) is 25.8. The van der Waals surface area contributed by atoms with Gasteiger partial charge < -0.3 is 20.9 Å². The number of nitrogens with two attached hydrogens (primary N) is 2. The number of ketones is 1. The van der Waals surface area contributed by atoms with E-state index in [9.17, 15) is 9.59 Å². The first-order chi connectivity index (χ1) is 35.3. The number of carbonyl (C=O) groups is 3. The molecule has 380 valence electrons. The zero-order chi connectivity index (χ0) is 52.2. The van der Waals surface area contributed by atoms with E-state index in [1.54, 1.807) is 33.7 Å². The minimum absolute atomic E-state index is 0.196. The van der Waals surface area contributed by atoms with Gasteiger partial charge >= 0.3 is 12.2 Å². The number of ether oxygens (including phenoxy) is 2. The van der Waals surface area contributed by atoms with Crippen molar-refractivity contribution in [3.05, 3.63) is 176 Å². The van der Waals surface area contributed by atoms with Gasteiger partial charge in [-0.1, -0.05) is 59.6 Å². The maximum absolute atomic E-state index is 15.6. The Labute approximate surface area is 440 Å². The molecule has 4 unspecified atom stereocenters. The number of carbonyl (C=O) groups excluding carboxylic acids is 3. The van der Waals surface area contributed by atoms with E-state index in [1.807, 2.05) is 139 Å². The van der Waals surface area contributed by atoms with Crippen LogP contribution in [-0.2, 0) is 40.2 Å². The Morgan fingerprint density at radius 2 is 1.04 bits per heavy atom. The average molecular weight is 1030 g/mol. The molecule has 4 atom stereocenters. The van der Waals surface area contributed by atoms with Gasteiger partial charge in [-0.15, -0.1) is 0 Å². The summed E-state index contributed by atoms with van der Waals surface area (Å²) in [5.41, 5.74) is 22.4. The van der Waals surface area contributed by atoms with Crippen molar-refractivity contribution in [2.75, 3.05) is 0 Å². The predicted octanol–water partition coefficient (Wildman–Crippen LogP) is 12.4. The number of hydrogen-bond acceptors (Lipinski definition) is 11. The zero-order valence-electron chi connectivity index (χ0n) is 42.3. The molecular formula is C59H60Cl2N8O5. The number of hydrogen-bond donors (Lipinski definition) is 4. The fraction of sp³-hybridized carbons (Fsp3) is 0.305. The van der Waals surface area contributed by atoms with Crippen LogP contribution in [0.25, 0.3) is 44.3 Å². The lowest BCUT2D eigenvalue weighted by Crippen LogP contribution is -2.32. The second kappa shape index (κ2) is 20.2. The molecule has 0 amide bonds. The summed E-state index contributed by atoms with van der Waals surface area (Å²) in [6.07, 6.45) is 8.94. The van der Waals surface area contributed by atoms with Crippen molar-refractivity contribution in [3.63, 3.8) is 0 Å². The van der Waals surface area contributed by atoms with Gasteiger partial charge in [0, 0.05) is 81.9 Å². The van der Waals surface area contributed by atoms with Crippen LogP contribution in [0.1, 0.15) is 123 Å². The molecule has 0 saturated carbocycles. The number of benzene rings is 4. The standard InChI is InChI=1S/C59H60Cl2N8O5/c1-58(2,3)73-56(71)68-47-21-13-35(45(62)19-11-33-9-7-23-64-29-33)25-37(47)27-49(68)39-15-17-43(60)41-31-66-53(51(39)41)55(70)54-52-40(16-18-44(61)42(52)32-67-54)50-28-38-26-36(46(63)20-12-34-10-8-24-65-30-34)14-22-48(38)69(50)57(72)74-59(4,5)6/h7-10,13-18,21-30,45-46,53-54,66-67H,11-12,19-20,31-32,62-63H2,1-6H3. The van der Waals surface area contributed by atoms with Crippen LogP contribution in [0.4, 0.5) is 9.59 Å². The van der Waals surface area contributed by atoms with Crippen molar-refractivity contribution in [1.82, 2.24) is 29.7 Å². The van der Waals surface area contributed by atoms with Gasteiger partial charge in [0.05, 0.1) is 34.5 Å². The Bertz CT molecular complexity index is 3240. The molecule has 0 fully saturated rings. The van der Waals surface area contributed by atoms with E-state index in [0.29, 0.717) is 80.7 Å². The van der Waals surface area contributed by atoms with Crippen LogP contribution >= 0.6 is 23.2 Å². The molecule has 0 aliphatic carbocycles. The Kier molecular flexibility index (Phi) is 13.9. The number of rotatable bonds is 12. The van der Waals surface area contributed by atoms with Gasteiger partial charge in [0.2, 0.25) is 0 Å². The van der Waals surface area contributed by atoms with E-state index in [1.165, 1.54) is 0 Å². The molecule has 74 heavy (non-hydrogen) atoms. The van der Waals surface area contributed by atoms with E-state index in [-0.39, 0.29) is 17.9 Å². The van der Waals surface area contributed by atoms with E-state index >= 15 is 4.79 Å². The SMILES string of the molecule is CC(C)(C)OC(=O)n1c(-c2ccc(Cl)c3c2C(C(=O)C2NCc4c(Cl)ccc(-c5cc6cc(C(N)CCc7cccnc7)ccc6n5C(=O)OC(C)(C)C)c42)NC3)cc2cc(C(N)CCc3cccnc3)ccc21. The summed E-state index contributed by atoms with van der Waals surface area (Å²) in [5, 5.41) is 9.51. The first kappa shape index (κ1) is 50.8. The van der Waals surface area contributed by atoms with Crippen molar-refractivity contribution in [2.24, 2.45) is 11.5 Å². The molecule has 4 aromatic heterocycles. The third-order valence-electron chi connectivity index (χ3n) is 13.9. The highest BCUT2D eigenvalue weighted by Gasteiger charge is 2.42. The van der Waals surface area contributed by atoms with Crippen LogP contribution in [0, 0.1) is 0 Å². The maximum atomic E-state index is 15.6. The molecule has 13 nitrogen and oxygen atoms in total. The second-order valence-corrected chi connectivity index (χ2v) is 22.2. The number of Topliss-reactive ketones (excluding diaryl/α,β-unsaturated/α-hetero) is 1. The molecule has 10 rings (SSSR count). The van der Waals surface area contributed by atoms with Crippen molar-refractivity contribution in [1.29, 1.82) is 0 Å². The molecule has 2 aliphatic rings. The van der Waals surface area contributed by atoms with E-state index in [4.69, 9.17) is 44.1 Å². The summed E-state index contributed by atoms with van der Waals surface area (Å²) in [7, 11) is 0. The van der Waals surface area contributed by atoms with Crippen LogP contribution < -0.4 is 22.1 Å². The highest BCUT2D eigenvalue weighted by molar-refractivity contribution is 6.32. The quantitative estimate of drug-likeness (QED) is 0.0914. The van der Waals surface area contributed by atoms with Gasteiger partial charge in [0.15, 0.2) is 5.78 Å². The van der Waals surface area contributed by atoms with Crippen molar-refractivity contribution in [2.45, 2.75) is 116 Å². The number of pyridine rings is 2. The van der Waals surface area contributed by atoms with Gasteiger partial charge in [-0.05, 0) is 172 Å². The summed E-state index contributed by atoms with van der Waals surface area (Å²) < 4.78 is 15.3. The molecule has 6 N–H and O–H groups in total. The smallest absolute Gasteiger partial charge is 0.419 e. The monoisotopic (exact) mass is 1030 g/mol. The summed E-state index contributed by atoms with van der Waals surface area (Å²) >= 11 is 14.0. The topological polar surface area (TPSA) is 181 Å². The van der Waals surface area contributed by atoms with Gasteiger partial charge in [-0.2, -0.15) is 0 Å². The lowest BCUT2D eigenvalue weighted by molar-refractivity contribution is -0.123. The minimum atomic E-state index is -0.886. The highest BCUT2D eigenvalue weighted by atomic mass is 35.5. The van der Waals surface area contributed by atoms with E-state index < -0.39 is 35.5 Å². The van der Waals surface area contributed by atoms with Gasteiger partial charge in [0.1, 0.15) is 11.2 Å². The van der Waals surface area contributed by atoms with Gasteiger partial charge in [0.25, 0.3) is 0 Å². The number of fused-ring (bicyclic) bond motifs is 4. The molecule has 0 radical (unpaired) electrons. The molecule has 8 aromatic rings. The Hall–Kier alpha value is -6.71. The third-order valence-corrected chi connectivity index (χ3v) is 14.6. The number of aryl methyl sites for hydroxylation is 2. The van der Waals surface area contributed by atoms with Crippen LogP contribution in [0.15, 0.2) is 122 Å². The van der Waals surface area contributed by atoms with E-state index in [0.717, 1.165) is 57.0 Å². The molecule has 2 aliphatic heterocycles. The molecule has 0 spiro atoms. The summed E-state index contributed by atoms with van der Waals surface area (Å²) in [6.45, 7) is 11.5. The molecular weight excluding hydrogens is 972 g/mol. The Morgan fingerprint density at radius 3 is 1.42 bits per heavy atom. The number of halogens is 2. The first-order valence-electron chi connectivity index (χ1n) is 25.0. The maximum Gasteiger partial charge on any atom is 0.419 e. The Morgan fingerprint density at radius 1 is 0.622 bits per heavy atom. The van der Waals surface area contributed by atoms with Crippen molar-refractivity contribution >= 4 is 63.0 Å². The zero-order valence-corrected chi connectivity index (χ0v) is 43.9. The average Bonchev–Trinajstić information content (AvgIpc) is 4.18. The molecule has 4 aromatic carbocycles. The number of aromatic nitrogens is 4. The van der Waals surface area contributed by atoms with Crippen LogP contribution in [-0.4, -0.2) is 48.3 Å². The fourth-order valence-electron chi connectivity index (χ4n) is 10.4. The predicted molar refractivity (Wildman–Crippen MR) is 291 cm³/mol. The summed E-state index contributed by atoms with van der Waals surface area (Å²) in [6, 6.07) is 28.5. The van der Waals surface area contributed by atoms with Crippen LogP contribution in [0.5, 0.6) is 0 Å². The minimum Gasteiger partial charge on any atom is -0.443 e. The number of nitrogens with one attached hydrogen (secondary N) is 2.